The lowest BCUT2D eigenvalue weighted by Crippen LogP contribution is -2.45. The summed E-state index contributed by atoms with van der Waals surface area (Å²) in [5.41, 5.74) is 0. The van der Waals surface area contributed by atoms with Gasteiger partial charge in [-0.15, -0.1) is 0 Å². The number of unbranched alkanes of at least 4 members (excludes halogenated alkanes) is 47. The molecule has 74 heavy (non-hydrogen) atoms. The topological polar surface area (TPSA) is 95.9 Å². The maximum absolute atomic E-state index is 12.4. The Morgan fingerprint density at radius 3 is 1.03 bits per heavy atom. The Balaban J connectivity index is 3.37. The molecule has 0 bridgehead atoms. The van der Waals surface area contributed by atoms with E-state index in [0.29, 0.717) is 19.4 Å². The number of esters is 1. The number of amides is 1. The molecular formula is C68H129NO5. The van der Waals surface area contributed by atoms with E-state index in [0.717, 1.165) is 44.9 Å². The highest BCUT2D eigenvalue weighted by atomic mass is 16.5. The third-order valence-electron chi connectivity index (χ3n) is 15.4. The number of nitrogens with one attached hydrogen (secondary N) is 1. The van der Waals surface area contributed by atoms with Crippen LogP contribution in [-0.4, -0.2) is 47.4 Å². The second kappa shape index (κ2) is 63.6. The van der Waals surface area contributed by atoms with Gasteiger partial charge in [-0.2, -0.15) is 0 Å². The minimum Gasteiger partial charge on any atom is -0.466 e. The van der Waals surface area contributed by atoms with Gasteiger partial charge in [-0.1, -0.05) is 320 Å². The number of ether oxygens (including phenoxy) is 1. The molecule has 0 heterocycles. The van der Waals surface area contributed by atoms with Crippen LogP contribution in [-0.2, 0) is 14.3 Å². The van der Waals surface area contributed by atoms with Gasteiger partial charge < -0.3 is 20.3 Å². The molecule has 0 spiro atoms. The SMILES string of the molecule is CCCCCCCCCCC/C=C/C(O)C(CO)NC(=O)CCCCCCCCCCCCCCCCCCC/C=C\C/C=C\CCCCCCCCCCCCCOC(=O)CCCCCCCCCCCCC. The van der Waals surface area contributed by atoms with Crippen molar-refractivity contribution in [2.75, 3.05) is 13.2 Å². The standard InChI is InChI=1S/C68H129NO5/c1-3-5-7-9-11-13-40-44-48-52-56-60-66(71)65(64-70)69-67(72)61-57-53-49-45-42-38-36-34-32-30-28-26-24-22-20-18-16-15-17-19-21-23-25-27-29-31-33-35-37-39-43-47-51-55-59-63-74-68(73)62-58-54-50-46-41-14-12-10-8-6-4-2/h17,19,23,25,56,60,65-66,70-71H,3-16,18,20-22,24,26-55,57-59,61-64H2,1-2H3,(H,69,72)/b19-17-,25-23-,60-56+. The van der Waals surface area contributed by atoms with E-state index in [1.54, 1.807) is 6.08 Å². The van der Waals surface area contributed by atoms with Crippen molar-refractivity contribution in [2.45, 2.75) is 373 Å². The van der Waals surface area contributed by atoms with Gasteiger partial charge in [0, 0.05) is 12.8 Å². The van der Waals surface area contributed by atoms with E-state index >= 15 is 0 Å². The molecule has 3 N–H and O–H groups in total. The summed E-state index contributed by atoms with van der Waals surface area (Å²) in [4.78, 5) is 24.4. The molecule has 0 saturated carbocycles. The molecule has 0 aliphatic heterocycles. The minimum absolute atomic E-state index is 0.0163. The highest BCUT2D eigenvalue weighted by Gasteiger charge is 2.18. The first kappa shape index (κ1) is 72.1. The molecule has 6 nitrogen and oxygen atoms in total. The number of carbonyl (C=O) groups excluding carboxylic acids is 2. The maximum atomic E-state index is 12.4. The molecule has 0 rings (SSSR count). The molecule has 0 aliphatic rings. The number of rotatable bonds is 62. The first-order valence-electron chi connectivity index (χ1n) is 33.3. The van der Waals surface area contributed by atoms with Crippen molar-refractivity contribution in [3.8, 4) is 0 Å². The van der Waals surface area contributed by atoms with Gasteiger partial charge in [-0.05, 0) is 64.2 Å². The van der Waals surface area contributed by atoms with Gasteiger partial charge >= 0.3 is 5.97 Å². The van der Waals surface area contributed by atoms with Crippen molar-refractivity contribution in [3.05, 3.63) is 36.5 Å². The highest BCUT2D eigenvalue weighted by Crippen LogP contribution is 2.18. The first-order chi connectivity index (χ1) is 36.5. The molecule has 0 saturated heterocycles. The Hall–Kier alpha value is -1.92. The Morgan fingerprint density at radius 2 is 0.676 bits per heavy atom. The van der Waals surface area contributed by atoms with Crippen LogP contribution in [0.25, 0.3) is 0 Å². The summed E-state index contributed by atoms with van der Waals surface area (Å²) in [6, 6.07) is -0.624. The fourth-order valence-electron chi connectivity index (χ4n) is 10.3. The molecule has 0 fully saturated rings. The number of allylic oxidation sites excluding steroid dienone is 5. The molecule has 0 aromatic carbocycles. The predicted molar refractivity (Wildman–Crippen MR) is 324 cm³/mol. The Bertz CT molecular complexity index is 1200. The fourth-order valence-corrected chi connectivity index (χ4v) is 10.3. The lowest BCUT2D eigenvalue weighted by atomic mass is 10.0. The van der Waals surface area contributed by atoms with Crippen LogP contribution in [0.15, 0.2) is 36.5 Å². The van der Waals surface area contributed by atoms with Crippen molar-refractivity contribution in [3.63, 3.8) is 0 Å². The molecule has 2 atom stereocenters. The minimum atomic E-state index is -0.841. The lowest BCUT2D eigenvalue weighted by Gasteiger charge is -2.20. The van der Waals surface area contributed by atoms with Gasteiger partial charge in [0.1, 0.15) is 0 Å². The van der Waals surface area contributed by atoms with Crippen molar-refractivity contribution >= 4 is 11.9 Å². The summed E-state index contributed by atoms with van der Waals surface area (Å²) in [6.07, 6.45) is 80.8. The zero-order valence-electron chi connectivity index (χ0n) is 49.8. The monoisotopic (exact) mass is 1040 g/mol. The zero-order chi connectivity index (χ0) is 53.6. The second-order valence-electron chi connectivity index (χ2n) is 22.8. The predicted octanol–water partition coefficient (Wildman–Crippen LogP) is 21.1. The van der Waals surface area contributed by atoms with Crippen LogP contribution < -0.4 is 5.32 Å². The van der Waals surface area contributed by atoms with E-state index in [4.69, 9.17) is 4.74 Å². The van der Waals surface area contributed by atoms with Crippen molar-refractivity contribution in [2.24, 2.45) is 0 Å². The van der Waals surface area contributed by atoms with Gasteiger partial charge in [-0.3, -0.25) is 9.59 Å². The number of carbonyl (C=O) groups is 2. The Kier molecular flexibility index (Phi) is 62.0. The van der Waals surface area contributed by atoms with Crippen LogP contribution in [0, 0.1) is 0 Å². The van der Waals surface area contributed by atoms with Crippen LogP contribution >= 0.6 is 0 Å². The fraction of sp³-hybridized carbons (Fsp3) is 0.882. The lowest BCUT2D eigenvalue weighted by molar-refractivity contribution is -0.143. The summed E-state index contributed by atoms with van der Waals surface area (Å²) < 4.78 is 5.47. The quantitative estimate of drug-likeness (QED) is 0.0320. The van der Waals surface area contributed by atoms with Crippen molar-refractivity contribution in [1.29, 1.82) is 0 Å². The van der Waals surface area contributed by atoms with Crippen LogP contribution in [0.5, 0.6) is 0 Å². The molecule has 0 aromatic heterocycles. The van der Waals surface area contributed by atoms with Gasteiger partial charge in [0.25, 0.3) is 0 Å². The van der Waals surface area contributed by atoms with Crippen LogP contribution in [0.4, 0.5) is 0 Å². The van der Waals surface area contributed by atoms with Crippen molar-refractivity contribution in [1.82, 2.24) is 5.32 Å². The normalized spacial score (nSPS) is 12.8. The van der Waals surface area contributed by atoms with Gasteiger partial charge in [0.2, 0.25) is 5.91 Å². The Labute approximate surface area is 462 Å². The van der Waals surface area contributed by atoms with E-state index in [1.807, 2.05) is 6.08 Å². The first-order valence-corrected chi connectivity index (χ1v) is 33.3. The molecule has 1 amide bonds. The van der Waals surface area contributed by atoms with Gasteiger partial charge in [0.15, 0.2) is 0 Å². The molecular weight excluding hydrogens is 911 g/mol. The third kappa shape index (κ3) is 59.3. The summed E-state index contributed by atoms with van der Waals surface area (Å²) in [5.74, 6) is -0.0496. The summed E-state index contributed by atoms with van der Waals surface area (Å²) in [5, 5.41) is 23.0. The van der Waals surface area contributed by atoms with Gasteiger partial charge in [-0.25, -0.2) is 0 Å². The third-order valence-corrected chi connectivity index (χ3v) is 15.4. The molecule has 436 valence electrons. The molecule has 0 aliphatic carbocycles. The van der Waals surface area contributed by atoms with E-state index in [-0.39, 0.29) is 18.5 Å². The Morgan fingerprint density at radius 1 is 0.378 bits per heavy atom. The van der Waals surface area contributed by atoms with Crippen LogP contribution in [0.1, 0.15) is 361 Å². The van der Waals surface area contributed by atoms with E-state index in [2.05, 4.69) is 43.5 Å². The summed E-state index contributed by atoms with van der Waals surface area (Å²) in [7, 11) is 0. The van der Waals surface area contributed by atoms with E-state index in [1.165, 1.54) is 289 Å². The average Bonchev–Trinajstić information content (AvgIpc) is 3.40. The maximum Gasteiger partial charge on any atom is 0.305 e. The largest absolute Gasteiger partial charge is 0.466 e. The number of hydrogen-bond acceptors (Lipinski definition) is 5. The number of hydrogen-bond donors (Lipinski definition) is 3. The zero-order valence-corrected chi connectivity index (χ0v) is 49.8. The second-order valence-corrected chi connectivity index (χ2v) is 22.8. The van der Waals surface area contributed by atoms with E-state index in [9.17, 15) is 19.8 Å². The number of aliphatic hydroxyl groups excluding tert-OH is 2. The van der Waals surface area contributed by atoms with Gasteiger partial charge in [0.05, 0.1) is 25.4 Å². The van der Waals surface area contributed by atoms with Crippen LogP contribution in [0.2, 0.25) is 0 Å². The molecule has 6 heteroatoms. The summed E-state index contributed by atoms with van der Waals surface area (Å²) in [6.45, 7) is 4.90. The number of aliphatic hydroxyl groups is 2. The molecule has 2 unspecified atom stereocenters. The van der Waals surface area contributed by atoms with Crippen LogP contribution in [0.3, 0.4) is 0 Å². The smallest absolute Gasteiger partial charge is 0.305 e. The van der Waals surface area contributed by atoms with E-state index < -0.39 is 12.1 Å². The highest BCUT2D eigenvalue weighted by molar-refractivity contribution is 5.76. The average molecular weight is 1040 g/mol. The van der Waals surface area contributed by atoms with Crippen molar-refractivity contribution < 1.29 is 24.5 Å². The molecule has 0 radical (unpaired) electrons. The molecule has 0 aromatic rings. The summed E-state index contributed by atoms with van der Waals surface area (Å²) >= 11 is 0.